The van der Waals surface area contributed by atoms with E-state index in [2.05, 4.69) is 10.6 Å². The zero-order valence-electron chi connectivity index (χ0n) is 12.3. The predicted octanol–water partition coefficient (Wildman–Crippen LogP) is 2.55. The van der Waals surface area contributed by atoms with E-state index >= 15 is 0 Å². The maximum absolute atomic E-state index is 12.0. The minimum atomic E-state index is -1.03. The van der Waals surface area contributed by atoms with E-state index in [1.807, 2.05) is 6.92 Å². The number of hydrogen-bond acceptors (Lipinski definition) is 3. The van der Waals surface area contributed by atoms with Crippen LogP contribution in [-0.2, 0) is 4.79 Å². The molecule has 0 saturated carbocycles. The summed E-state index contributed by atoms with van der Waals surface area (Å²) in [5.41, 5.74) is 1.37. The summed E-state index contributed by atoms with van der Waals surface area (Å²) in [5, 5.41) is 15.3. The summed E-state index contributed by atoms with van der Waals surface area (Å²) in [6.07, 6.45) is 4.72. The van der Waals surface area contributed by atoms with Crippen LogP contribution in [0.15, 0.2) is 18.2 Å². The average Bonchev–Trinajstić information content (AvgIpc) is 2.48. The largest absolute Gasteiger partial charge is 0.478 e. The zero-order chi connectivity index (χ0) is 15.2. The summed E-state index contributed by atoms with van der Waals surface area (Å²) in [4.78, 5) is 23.2. The van der Waals surface area contributed by atoms with Crippen LogP contribution in [0.4, 0.5) is 5.69 Å². The normalized spacial score (nSPS) is 18.2. The van der Waals surface area contributed by atoms with Crippen molar-refractivity contribution < 1.29 is 14.7 Å². The third kappa shape index (κ3) is 4.56. The van der Waals surface area contributed by atoms with Gasteiger partial charge >= 0.3 is 5.97 Å². The van der Waals surface area contributed by atoms with Gasteiger partial charge in [-0.15, -0.1) is 0 Å². The van der Waals surface area contributed by atoms with Gasteiger partial charge in [0.15, 0.2) is 0 Å². The van der Waals surface area contributed by atoms with Crippen molar-refractivity contribution in [2.24, 2.45) is 0 Å². The first-order valence-electron chi connectivity index (χ1n) is 7.43. The van der Waals surface area contributed by atoms with E-state index in [0.717, 1.165) is 24.9 Å². The number of carbonyl (C=O) groups excluding carboxylic acids is 1. The molecule has 1 saturated heterocycles. The molecule has 5 nitrogen and oxygen atoms in total. The number of carboxylic acids is 1. The third-order valence-corrected chi connectivity index (χ3v) is 3.81. The highest BCUT2D eigenvalue weighted by molar-refractivity contribution is 6.00. The van der Waals surface area contributed by atoms with Gasteiger partial charge in [0.2, 0.25) is 5.91 Å². The fourth-order valence-electron chi connectivity index (χ4n) is 2.63. The molecule has 1 unspecified atom stereocenters. The molecule has 0 radical (unpaired) electrons. The molecule has 1 aliphatic heterocycles. The third-order valence-electron chi connectivity index (χ3n) is 3.81. The number of piperidine rings is 1. The second-order valence-corrected chi connectivity index (χ2v) is 5.59. The van der Waals surface area contributed by atoms with Crippen LogP contribution in [0.3, 0.4) is 0 Å². The molecule has 0 aromatic heterocycles. The highest BCUT2D eigenvalue weighted by Crippen LogP contribution is 2.18. The van der Waals surface area contributed by atoms with Crippen LogP contribution in [-0.4, -0.2) is 29.6 Å². The summed E-state index contributed by atoms with van der Waals surface area (Å²) in [7, 11) is 0. The van der Waals surface area contributed by atoms with Gasteiger partial charge in [0.05, 0.1) is 11.3 Å². The second-order valence-electron chi connectivity index (χ2n) is 5.59. The molecule has 5 heteroatoms. The number of anilines is 1. The van der Waals surface area contributed by atoms with Gasteiger partial charge in [0, 0.05) is 12.5 Å². The molecule has 1 aromatic rings. The molecule has 114 valence electrons. The number of benzene rings is 1. The molecule has 1 amide bonds. The first-order chi connectivity index (χ1) is 10.1. The summed E-state index contributed by atoms with van der Waals surface area (Å²) >= 11 is 0. The number of aromatic carboxylic acids is 1. The molecule has 1 aliphatic rings. The number of nitrogens with one attached hydrogen (secondary N) is 2. The number of aryl methyl sites for hydroxylation is 1. The van der Waals surface area contributed by atoms with Crippen molar-refractivity contribution in [1.82, 2.24) is 5.32 Å². The lowest BCUT2D eigenvalue weighted by Crippen LogP contribution is -2.34. The Kier molecular flexibility index (Phi) is 5.33. The Hall–Kier alpha value is -1.88. The van der Waals surface area contributed by atoms with Crippen molar-refractivity contribution in [2.45, 2.75) is 45.1 Å². The molecule has 1 fully saturated rings. The minimum absolute atomic E-state index is 0.131. The van der Waals surface area contributed by atoms with E-state index < -0.39 is 5.97 Å². The molecule has 21 heavy (non-hydrogen) atoms. The van der Waals surface area contributed by atoms with E-state index in [1.54, 1.807) is 18.2 Å². The van der Waals surface area contributed by atoms with Crippen LogP contribution < -0.4 is 10.6 Å². The monoisotopic (exact) mass is 290 g/mol. The van der Waals surface area contributed by atoms with Gasteiger partial charge in [-0.05, 0) is 44.9 Å². The van der Waals surface area contributed by atoms with Crippen LogP contribution in [0.25, 0.3) is 0 Å². The lowest BCUT2D eigenvalue weighted by Gasteiger charge is -2.23. The molecule has 0 aliphatic carbocycles. The maximum Gasteiger partial charge on any atom is 0.337 e. The summed E-state index contributed by atoms with van der Waals surface area (Å²) in [5.74, 6) is -1.16. The van der Waals surface area contributed by atoms with E-state index in [1.165, 1.54) is 12.8 Å². The van der Waals surface area contributed by atoms with Crippen LogP contribution in [0.1, 0.15) is 48.0 Å². The van der Waals surface area contributed by atoms with Crippen LogP contribution in [0.2, 0.25) is 0 Å². The Morgan fingerprint density at radius 1 is 1.38 bits per heavy atom. The molecular weight excluding hydrogens is 268 g/mol. The quantitative estimate of drug-likeness (QED) is 0.778. The van der Waals surface area contributed by atoms with E-state index in [0.29, 0.717) is 18.2 Å². The molecule has 0 bridgehead atoms. The van der Waals surface area contributed by atoms with Crippen molar-refractivity contribution in [2.75, 3.05) is 11.9 Å². The van der Waals surface area contributed by atoms with Gasteiger partial charge in [0.25, 0.3) is 0 Å². The Labute approximate surface area is 124 Å². The maximum atomic E-state index is 12.0. The summed E-state index contributed by atoms with van der Waals surface area (Å²) in [6, 6.07) is 5.42. The fourth-order valence-corrected chi connectivity index (χ4v) is 2.63. The summed E-state index contributed by atoms with van der Waals surface area (Å²) in [6.45, 7) is 2.85. The number of carboxylic acid groups (broad SMARTS) is 1. The Morgan fingerprint density at radius 2 is 2.19 bits per heavy atom. The van der Waals surface area contributed by atoms with Crippen molar-refractivity contribution >= 4 is 17.6 Å². The lowest BCUT2D eigenvalue weighted by molar-refractivity contribution is -0.116. The molecule has 1 heterocycles. The van der Waals surface area contributed by atoms with Gasteiger partial charge in [-0.2, -0.15) is 0 Å². The molecule has 2 rings (SSSR count). The Bertz CT molecular complexity index is 522. The molecule has 1 atom stereocenters. The van der Waals surface area contributed by atoms with Crippen molar-refractivity contribution in [1.29, 1.82) is 0 Å². The van der Waals surface area contributed by atoms with E-state index in [9.17, 15) is 14.7 Å². The number of rotatable bonds is 5. The molecule has 0 spiro atoms. The van der Waals surface area contributed by atoms with E-state index in [-0.39, 0.29) is 11.5 Å². The van der Waals surface area contributed by atoms with Gasteiger partial charge in [-0.3, -0.25) is 4.79 Å². The van der Waals surface area contributed by atoms with E-state index in [4.69, 9.17) is 0 Å². The smallest absolute Gasteiger partial charge is 0.337 e. The number of hydrogen-bond donors (Lipinski definition) is 3. The number of carbonyl (C=O) groups is 2. The van der Waals surface area contributed by atoms with Crippen molar-refractivity contribution in [3.05, 3.63) is 29.3 Å². The van der Waals surface area contributed by atoms with Crippen LogP contribution >= 0.6 is 0 Å². The Morgan fingerprint density at radius 3 is 2.86 bits per heavy atom. The van der Waals surface area contributed by atoms with Gasteiger partial charge in [-0.1, -0.05) is 18.1 Å². The molecule has 1 aromatic carbocycles. The van der Waals surface area contributed by atoms with Crippen molar-refractivity contribution in [3.8, 4) is 0 Å². The summed E-state index contributed by atoms with van der Waals surface area (Å²) < 4.78 is 0. The first kappa shape index (κ1) is 15.5. The van der Waals surface area contributed by atoms with Crippen LogP contribution in [0.5, 0.6) is 0 Å². The lowest BCUT2D eigenvalue weighted by atomic mass is 10.0. The van der Waals surface area contributed by atoms with Crippen LogP contribution in [0, 0.1) is 6.92 Å². The van der Waals surface area contributed by atoms with Gasteiger partial charge in [-0.25, -0.2) is 4.79 Å². The standard InChI is InChI=1S/C16H22N2O3/c1-11-5-7-14(13(10-11)16(20)21)18-15(19)8-6-12-4-2-3-9-17-12/h5,7,10,12,17H,2-4,6,8-9H2,1H3,(H,18,19)(H,20,21). The molecular formula is C16H22N2O3. The molecule has 3 N–H and O–H groups in total. The van der Waals surface area contributed by atoms with Crippen molar-refractivity contribution in [3.63, 3.8) is 0 Å². The minimum Gasteiger partial charge on any atom is -0.478 e. The highest BCUT2D eigenvalue weighted by atomic mass is 16.4. The fraction of sp³-hybridized carbons (Fsp3) is 0.500. The number of amides is 1. The predicted molar refractivity (Wildman–Crippen MR) is 81.6 cm³/mol. The first-order valence-corrected chi connectivity index (χ1v) is 7.43. The van der Waals surface area contributed by atoms with Gasteiger partial charge in [0.1, 0.15) is 0 Å². The Balaban J connectivity index is 1.91. The highest BCUT2D eigenvalue weighted by Gasteiger charge is 2.16. The topological polar surface area (TPSA) is 78.4 Å². The SMILES string of the molecule is Cc1ccc(NC(=O)CCC2CCCCN2)c(C(=O)O)c1. The average molecular weight is 290 g/mol. The second kappa shape index (κ2) is 7.22. The zero-order valence-corrected chi connectivity index (χ0v) is 12.3. The van der Waals surface area contributed by atoms with Gasteiger partial charge < -0.3 is 15.7 Å².